The molecule has 0 spiro atoms. The highest BCUT2D eigenvalue weighted by molar-refractivity contribution is 9.10. The number of nitrogens with one attached hydrogen (secondary N) is 2. The first kappa shape index (κ1) is 13.7. The van der Waals surface area contributed by atoms with Crippen LogP contribution in [0.3, 0.4) is 0 Å². The van der Waals surface area contributed by atoms with Gasteiger partial charge < -0.3 is 5.32 Å². The van der Waals surface area contributed by atoms with Crippen molar-refractivity contribution >= 4 is 27.5 Å². The highest BCUT2D eigenvalue weighted by Gasteiger charge is 2.21. The maximum Gasteiger partial charge on any atom is 0.295 e. The maximum absolute atomic E-state index is 12.0. The van der Waals surface area contributed by atoms with Gasteiger partial charge >= 0.3 is 0 Å². The third kappa shape index (κ3) is 3.17. The van der Waals surface area contributed by atoms with E-state index >= 15 is 0 Å². The van der Waals surface area contributed by atoms with Crippen LogP contribution in [0.15, 0.2) is 22.9 Å². The quantitative estimate of drug-likeness (QED) is 0.832. The molecule has 0 unspecified atom stereocenters. The number of aromatic amines is 1. The second-order valence-corrected chi connectivity index (χ2v) is 5.80. The molecule has 2 heterocycles. The number of carbonyl (C=O) groups excluding carboxylic acids is 1. The summed E-state index contributed by atoms with van der Waals surface area (Å²) in [7, 11) is 0. The van der Waals surface area contributed by atoms with Gasteiger partial charge in [0.05, 0.1) is 5.69 Å². The molecule has 7 heteroatoms. The Morgan fingerprint density at radius 2 is 2.16 bits per heavy atom. The first-order valence-corrected chi connectivity index (χ1v) is 6.52. The van der Waals surface area contributed by atoms with E-state index < -0.39 is 0 Å². The molecule has 0 aliphatic heterocycles. The molecule has 0 aliphatic carbocycles. The monoisotopic (exact) mass is 323 g/mol. The zero-order valence-corrected chi connectivity index (χ0v) is 12.4. The van der Waals surface area contributed by atoms with Gasteiger partial charge in [-0.1, -0.05) is 20.8 Å². The van der Waals surface area contributed by atoms with Crippen LogP contribution in [0.5, 0.6) is 0 Å². The van der Waals surface area contributed by atoms with Gasteiger partial charge in [0.15, 0.2) is 0 Å². The van der Waals surface area contributed by atoms with Crippen molar-refractivity contribution < 1.29 is 4.79 Å². The topological polar surface area (TPSA) is 83.6 Å². The van der Waals surface area contributed by atoms with E-state index in [1.807, 2.05) is 20.8 Å². The summed E-state index contributed by atoms with van der Waals surface area (Å²) in [6.07, 6.45) is 1.63. The number of carbonyl (C=O) groups is 1. The van der Waals surface area contributed by atoms with Gasteiger partial charge in [0.2, 0.25) is 5.82 Å². The molecule has 19 heavy (non-hydrogen) atoms. The average Bonchev–Trinajstić information content (AvgIpc) is 2.81. The molecule has 100 valence electrons. The molecule has 2 aromatic heterocycles. The molecule has 0 atom stereocenters. The van der Waals surface area contributed by atoms with E-state index in [-0.39, 0.29) is 17.1 Å². The van der Waals surface area contributed by atoms with Crippen LogP contribution < -0.4 is 5.32 Å². The molecule has 0 saturated carbocycles. The van der Waals surface area contributed by atoms with Gasteiger partial charge in [-0.15, -0.1) is 5.10 Å². The van der Waals surface area contributed by atoms with Crippen LogP contribution in [-0.2, 0) is 5.41 Å². The molecule has 0 radical (unpaired) electrons. The van der Waals surface area contributed by atoms with Crippen molar-refractivity contribution in [2.45, 2.75) is 26.2 Å². The molecule has 0 aliphatic rings. The van der Waals surface area contributed by atoms with Crippen LogP contribution in [0.2, 0.25) is 0 Å². The Hall–Kier alpha value is -1.76. The molecular weight excluding hydrogens is 310 g/mol. The smallest absolute Gasteiger partial charge is 0.295 e. The Labute approximate surface area is 119 Å². The largest absolute Gasteiger partial charge is 0.317 e. The Balaban J connectivity index is 2.17. The Morgan fingerprint density at radius 3 is 2.74 bits per heavy atom. The number of H-pyrrole nitrogens is 1. The molecule has 0 saturated heterocycles. The van der Waals surface area contributed by atoms with Crippen molar-refractivity contribution in [3.63, 3.8) is 0 Å². The van der Waals surface area contributed by atoms with Crippen LogP contribution in [-0.4, -0.2) is 26.1 Å². The summed E-state index contributed by atoms with van der Waals surface area (Å²) >= 11 is 3.26. The first-order chi connectivity index (χ1) is 8.88. The lowest BCUT2D eigenvalue weighted by Gasteiger charge is -2.12. The number of hydrogen-bond acceptors (Lipinski definition) is 4. The Bertz CT molecular complexity index is 602. The lowest BCUT2D eigenvalue weighted by molar-refractivity contribution is 0.101. The maximum atomic E-state index is 12.0. The predicted molar refractivity (Wildman–Crippen MR) is 75.0 cm³/mol. The number of aromatic nitrogens is 4. The minimum atomic E-state index is -0.375. The molecule has 2 rings (SSSR count). The van der Waals surface area contributed by atoms with Gasteiger partial charge in [-0.05, 0) is 28.1 Å². The minimum Gasteiger partial charge on any atom is -0.317 e. The predicted octanol–water partition coefficient (Wildman–Crippen LogP) is 2.51. The van der Waals surface area contributed by atoms with E-state index in [9.17, 15) is 4.79 Å². The van der Waals surface area contributed by atoms with E-state index in [1.54, 1.807) is 18.3 Å². The van der Waals surface area contributed by atoms with Crippen molar-refractivity contribution in [1.82, 2.24) is 20.2 Å². The molecule has 2 aromatic rings. The van der Waals surface area contributed by atoms with Crippen LogP contribution in [0.1, 0.15) is 37.2 Å². The van der Waals surface area contributed by atoms with Crippen molar-refractivity contribution in [3.05, 3.63) is 34.6 Å². The molecule has 0 bridgehead atoms. The van der Waals surface area contributed by atoms with E-state index in [4.69, 9.17) is 0 Å². The summed E-state index contributed by atoms with van der Waals surface area (Å²) in [5.74, 6) is 0.407. The number of nitrogens with zero attached hydrogens (tertiary/aromatic N) is 3. The van der Waals surface area contributed by atoms with Crippen LogP contribution >= 0.6 is 15.9 Å². The molecule has 0 aromatic carbocycles. The summed E-state index contributed by atoms with van der Waals surface area (Å²) in [4.78, 5) is 20.2. The van der Waals surface area contributed by atoms with Gasteiger partial charge in [0.1, 0.15) is 10.4 Å². The molecule has 2 N–H and O–H groups in total. The normalized spacial score (nSPS) is 11.4. The zero-order chi connectivity index (χ0) is 14.0. The second kappa shape index (κ2) is 5.08. The first-order valence-electron chi connectivity index (χ1n) is 5.72. The third-order valence-corrected chi connectivity index (χ3v) is 3.04. The standard InChI is InChI=1S/C12H14BrN5O/c1-12(2,3)11-16-9(17-18-11)10(19)15-7-5-4-6-14-8(7)13/h4-6H,1-3H3,(H,15,19)(H,16,17,18). The van der Waals surface area contributed by atoms with Gasteiger partial charge in [0, 0.05) is 11.6 Å². The van der Waals surface area contributed by atoms with Crippen LogP contribution in [0.25, 0.3) is 0 Å². The van der Waals surface area contributed by atoms with Gasteiger partial charge in [-0.25, -0.2) is 9.97 Å². The fraction of sp³-hybridized carbons (Fsp3) is 0.333. The molecular formula is C12H14BrN5O. The summed E-state index contributed by atoms with van der Waals surface area (Å²) in [5, 5.41) is 9.40. The van der Waals surface area contributed by atoms with Crippen molar-refractivity contribution in [2.75, 3.05) is 5.32 Å². The number of halogens is 1. The third-order valence-electron chi connectivity index (χ3n) is 2.41. The van der Waals surface area contributed by atoms with E-state index in [1.165, 1.54) is 0 Å². The summed E-state index contributed by atoms with van der Waals surface area (Å²) in [6.45, 7) is 5.98. The number of pyridine rings is 1. The number of amides is 1. The number of rotatable bonds is 2. The Morgan fingerprint density at radius 1 is 1.42 bits per heavy atom. The fourth-order valence-electron chi connectivity index (χ4n) is 1.36. The average molecular weight is 324 g/mol. The van der Waals surface area contributed by atoms with Gasteiger partial charge in [0.25, 0.3) is 5.91 Å². The van der Waals surface area contributed by atoms with Crippen LogP contribution in [0, 0.1) is 0 Å². The van der Waals surface area contributed by atoms with Crippen molar-refractivity contribution in [1.29, 1.82) is 0 Å². The minimum absolute atomic E-state index is 0.112. The van der Waals surface area contributed by atoms with E-state index in [0.29, 0.717) is 16.1 Å². The van der Waals surface area contributed by atoms with Crippen molar-refractivity contribution in [3.8, 4) is 0 Å². The highest BCUT2D eigenvalue weighted by atomic mass is 79.9. The summed E-state index contributed by atoms with van der Waals surface area (Å²) < 4.78 is 0.565. The van der Waals surface area contributed by atoms with Gasteiger partial charge in [-0.3, -0.25) is 9.89 Å². The van der Waals surface area contributed by atoms with Gasteiger partial charge in [-0.2, -0.15) is 0 Å². The lowest BCUT2D eigenvalue weighted by atomic mass is 9.96. The van der Waals surface area contributed by atoms with E-state index in [0.717, 1.165) is 0 Å². The molecule has 6 nitrogen and oxygen atoms in total. The Kier molecular flexibility index (Phi) is 3.66. The SMILES string of the molecule is CC(C)(C)c1nc(C(=O)Nc2cccnc2Br)n[nH]1. The number of anilines is 1. The summed E-state index contributed by atoms with van der Waals surface area (Å²) in [6, 6.07) is 3.48. The molecule has 0 fully saturated rings. The fourth-order valence-corrected chi connectivity index (χ4v) is 1.71. The van der Waals surface area contributed by atoms with E-state index in [2.05, 4.69) is 41.4 Å². The lowest BCUT2D eigenvalue weighted by Crippen LogP contribution is -2.16. The van der Waals surface area contributed by atoms with Crippen molar-refractivity contribution in [2.24, 2.45) is 0 Å². The number of hydrogen-bond donors (Lipinski definition) is 2. The molecule has 1 amide bonds. The zero-order valence-electron chi connectivity index (χ0n) is 10.9. The van der Waals surface area contributed by atoms with Crippen LogP contribution in [0.4, 0.5) is 5.69 Å². The summed E-state index contributed by atoms with van der Waals surface area (Å²) in [5.41, 5.74) is 0.398. The second-order valence-electron chi connectivity index (χ2n) is 5.05. The highest BCUT2D eigenvalue weighted by Crippen LogP contribution is 2.20.